The summed E-state index contributed by atoms with van der Waals surface area (Å²) in [4.78, 5) is 16.8. The average Bonchev–Trinajstić information content (AvgIpc) is 3.33. The average molecular weight is 390 g/mol. The Kier molecular flexibility index (Phi) is 4.23. The number of aromatic nitrogens is 3. The van der Waals surface area contributed by atoms with E-state index in [-0.39, 0.29) is 12.1 Å². The summed E-state index contributed by atoms with van der Waals surface area (Å²) in [6.07, 6.45) is 3.71. The fraction of sp³-hybridized carbons (Fsp3) is 0.318. The number of pyridine rings is 2. The number of amidine groups is 1. The third-order valence-electron chi connectivity index (χ3n) is 5.55. The van der Waals surface area contributed by atoms with E-state index in [1.807, 2.05) is 42.4 Å². The van der Waals surface area contributed by atoms with Crippen molar-refractivity contribution in [3.05, 3.63) is 77.5 Å². The van der Waals surface area contributed by atoms with Crippen LogP contribution in [-0.4, -0.2) is 36.4 Å². The van der Waals surface area contributed by atoms with Gasteiger partial charge in [-0.3, -0.25) is 9.98 Å². The molecule has 2 aliphatic heterocycles. The molecule has 142 valence electrons. The Morgan fingerprint density at radius 3 is 2.54 bits per heavy atom. The summed E-state index contributed by atoms with van der Waals surface area (Å²) in [5.41, 5.74) is 4.76. The van der Waals surface area contributed by atoms with Crippen LogP contribution < -0.4 is 0 Å². The molecule has 5 rings (SSSR count). The van der Waals surface area contributed by atoms with E-state index in [2.05, 4.69) is 64.5 Å². The largest absolute Gasteiger partial charge is 0.341 e. The van der Waals surface area contributed by atoms with Gasteiger partial charge >= 0.3 is 0 Å². The van der Waals surface area contributed by atoms with Gasteiger partial charge in [0, 0.05) is 35.6 Å². The van der Waals surface area contributed by atoms with E-state index < -0.39 is 0 Å². The Morgan fingerprint density at radius 2 is 1.82 bits per heavy atom. The second-order valence-electron chi connectivity index (χ2n) is 7.49. The van der Waals surface area contributed by atoms with Gasteiger partial charge in [0.2, 0.25) is 0 Å². The Morgan fingerprint density at radius 1 is 1.04 bits per heavy atom. The molecule has 28 heavy (non-hydrogen) atoms. The number of hydrogen-bond donors (Lipinski definition) is 0. The van der Waals surface area contributed by atoms with Crippen LogP contribution in [0.15, 0.2) is 59.9 Å². The minimum absolute atomic E-state index is 0.0221. The second-order valence-corrected chi connectivity index (χ2v) is 8.89. The van der Waals surface area contributed by atoms with E-state index in [4.69, 9.17) is 4.99 Å². The summed E-state index contributed by atoms with van der Waals surface area (Å²) in [5, 5.41) is 1.71. The zero-order valence-electron chi connectivity index (χ0n) is 16.3. The van der Waals surface area contributed by atoms with E-state index in [1.54, 1.807) is 0 Å². The maximum atomic E-state index is 5.10. The molecule has 1 saturated heterocycles. The maximum Gasteiger partial charge on any atom is 0.160 e. The number of nitrogens with zero attached hydrogens (tertiary/aromatic N) is 5. The Hall–Kier alpha value is -2.60. The smallest absolute Gasteiger partial charge is 0.160 e. The van der Waals surface area contributed by atoms with Crippen molar-refractivity contribution in [1.82, 2.24) is 19.4 Å². The van der Waals surface area contributed by atoms with Crippen LogP contribution in [0.3, 0.4) is 0 Å². The topological polar surface area (TPSA) is 46.3 Å². The monoisotopic (exact) mass is 389 g/mol. The van der Waals surface area contributed by atoms with Crippen LogP contribution in [0.2, 0.25) is 0 Å². The first-order valence-electron chi connectivity index (χ1n) is 9.66. The quantitative estimate of drug-likeness (QED) is 0.663. The first kappa shape index (κ1) is 17.5. The lowest BCUT2D eigenvalue weighted by atomic mass is 9.96. The van der Waals surface area contributed by atoms with Crippen molar-refractivity contribution in [2.24, 2.45) is 4.99 Å². The number of rotatable bonds is 3. The molecule has 0 amide bonds. The van der Waals surface area contributed by atoms with Crippen molar-refractivity contribution in [2.45, 2.75) is 38.1 Å². The molecule has 0 radical (unpaired) electrons. The first-order chi connectivity index (χ1) is 13.6. The number of aliphatic imine (C=N–C) groups is 1. The lowest BCUT2D eigenvalue weighted by Crippen LogP contribution is -2.28. The fourth-order valence-electron chi connectivity index (χ4n) is 4.38. The summed E-state index contributed by atoms with van der Waals surface area (Å²) < 4.78 is 2.25. The molecule has 0 aliphatic carbocycles. The van der Waals surface area contributed by atoms with Crippen molar-refractivity contribution in [3.8, 4) is 5.82 Å². The lowest BCUT2D eigenvalue weighted by Gasteiger charge is -2.27. The highest BCUT2D eigenvalue weighted by Gasteiger charge is 2.44. The highest BCUT2D eigenvalue weighted by atomic mass is 32.2. The van der Waals surface area contributed by atoms with E-state index in [0.29, 0.717) is 5.25 Å². The molecule has 6 heteroatoms. The molecule has 3 aromatic heterocycles. The van der Waals surface area contributed by atoms with Gasteiger partial charge in [-0.1, -0.05) is 30.8 Å². The van der Waals surface area contributed by atoms with E-state index in [9.17, 15) is 0 Å². The molecular formula is C22H23N5S. The van der Waals surface area contributed by atoms with Gasteiger partial charge in [-0.15, -0.1) is 0 Å². The molecule has 0 spiro atoms. The standard InChI is InChI=1S/C22H23N5S/c1-14-12-17(16(3)27(14)19-9-5-7-11-24-19)21-20(18-8-4-6-10-23-18)25-22-26(21)13-15(2)28-22/h4-12,15,20-21H,13H2,1-3H3/t15-,20+,21-/m1/s1. The summed E-state index contributed by atoms with van der Waals surface area (Å²) in [5.74, 6) is 0.960. The molecule has 0 N–H and O–H groups in total. The molecular weight excluding hydrogens is 366 g/mol. The Bertz CT molecular complexity index is 1030. The van der Waals surface area contributed by atoms with Crippen LogP contribution in [0.4, 0.5) is 0 Å². The van der Waals surface area contributed by atoms with Crippen molar-refractivity contribution < 1.29 is 0 Å². The summed E-state index contributed by atoms with van der Waals surface area (Å²) >= 11 is 1.88. The molecule has 1 fully saturated rings. The minimum atomic E-state index is 0.0221. The second kappa shape index (κ2) is 6.78. The van der Waals surface area contributed by atoms with E-state index in [1.165, 1.54) is 17.0 Å². The zero-order chi connectivity index (χ0) is 19.3. The molecule has 2 aliphatic rings. The predicted octanol–water partition coefficient (Wildman–Crippen LogP) is 4.47. The van der Waals surface area contributed by atoms with Crippen LogP contribution in [0.5, 0.6) is 0 Å². The SMILES string of the molecule is Cc1cc([C@@H]2[C@H](c3ccccn3)N=C3S[C@H](C)CN32)c(C)n1-c1ccccn1. The molecule has 0 bridgehead atoms. The van der Waals surface area contributed by atoms with Gasteiger partial charge < -0.3 is 9.47 Å². The van der Waals surface area contributed by atoms with Crippen molar-refractivity contribution in [2.75, 3.05) is 6.54 Å². The van der Waals surface area contributed by atoms with Crippen LogP contribution in [0.1, 0.15) is 41.7 Å². The summed E-state index contributed by atoms with van der Waals surface area (Å²) in [6.45, 7) is 7.64. The number of thioether (sulfide) groups is 1. The summed E-state index contributed by atoms with van der Waals surface area (Å²) in [6, 6.07) is 14.7. The Labute approximate surface area is 169 Å². The van der Waals surface area contributed by atoms with E-state index >= 15 is 0 Å². The number of aryl methyl sites for hydroxylation is 1. The number of fused-ring (bicyclic) bond motifs is 1. The Balaban J connectivity index is 1.63. The van der Waals surface area contributed by atoms with Crippen LogP contribution >= 0.6 is 11.8 Å². The number of hydrogen-bond acceptors (Lipinski definition) is 5. The van der Waals surface area contributed by atoms with Crippen molar-refractivity contribution in [1.29, 1.82) is 0 Å². The van der Waals surface area contributed by atoms with Crippen molar-refractivity contribution >= 4 is 16.9 Å². The highest BCUT2D eigenvalue weighted by molar-refractivity contribution is 8.14. The first-order valence-corrected chi connectivity index (χ1v) is 10.5. The van der Waals surface area contributed by atoms with Crippen molar-refractivity contribution in [3.63, 3.8) is 0 Å². The van der Waals surface area contributed by atoms with Gasteiger partial charge in [0.25, 0.3) is 0 Å². The molecule has 0 saturated carbocycles. The third kappa shape index (κ3) is 2.75. The van der Waals surface area contributed by atoms with Gasteiger partial charge in [-0.2, -0.15) is 0 Å². The molecule has 5 heterocycles. The lowest BCUT2D eigenvalue weighted by molar-refractivity contribution is 0.320. The summed E-state index contributed by atoms with van der Waals surface area (Å²) in [7, 11) is 0. The van der Waals surface area contributed by atoms with Gasteiger partial charge in [0.15, 0.2) is 5.17 Å². The molecule has 5 nitrogen and oxygen atoms in total. The van der Waals surface area contributed by atoms with Gasteiger partial charge in [0.05, 0.1) is 11.7 Å². The fourth-order valence-corrected chi connectivity index (χ4v) is 5.47. The van der Waals surface area contributed by atoms with Gasteiger partial charge in [0.1, 0.15) is 11.9 Å². The van der Waals surface area contributed by atoms with Crippen LogP contribution in [0, 0.1) is 13.8 Å². The van der Waals surface area contributed by atoms with Crippen LogP contribution in [-0.2, 0) is 0 Å². The van der Waals surface area contributed by atoms with Gasteiger partial charge in [-0.25, -0.2) is 4.98 Å². The molecule has 0 aromatic carbocycles. The minimum Gasteiger partial charge on any atom is -0.341 e. The molecule has 0 unspecified atom stereocenters. The maximum absolute atomic E-state index is 5.10. The van der Waals surface area contributed by atoms with E-state index in [0.717, 1.165) is 23.2 Å². The van der Waals surface area contributed by atoms with Gasteiger partial charge in [-0.05, 0) is 49.7 Å². The van der Waals surface area contributed by atoms with Crippen LogP contribution in [0.25, 0.3) is 5.82 Å². The normalized spacial score (nSPS) is 23.8. The zero-order valence-corrected chi connectivity index (χ0v) is 17.1. The highest BCUT2D eigenvalue weighted by Crippen LogP contribution is 2.48. The molecule has 3 atom stereocenters. The molecule has 3 aromatic rings. The third-order valence-corrected chi connectivity index (χ3v) is 6.65. The predicted molar refractivity (Wildman–Crippen MR) is 114 cm³/mol.